The zero-order valence-corrected chi connectivity index (χ0v) is 12.3. The maximum Gasteiger partial charge on any atom is 0.416 e. The van der Waals surface area contributed by atoms with E-state index in [1.807, 2.05) is 25.7 Å². The number of hydrogen-bond acceptors (Lipinski definition) is 2. The van der Waals surface area contributed by atoms with Crippen LogP contribution in [0.15, 0.2) is 24.3 Å². The Labute approximate surface area is 111 Å². The number of rotatable bonds is 3. The lowest BCUT2D eigenvalue weighted by atomic mass is 9.97. The second-order valence-corrected chi connectivity index (χ2v) is 9.86. The summed E-state index contributed by atoms with van der Waals surface area (Å²) in [6.07, 6.45) is -4.37. The number of nitriles is 1. The molecule has 1 atom stereocenters. The summed E-state index contributed by atoms with van der Waals surface area (Å²) in [5.41, 5.74) is -1.51. The Bertz CT molecular complexity index is 485. The van der Waals surface area contributed by atoms with E-state index < -0.39 is 25.7 Å². The monoisotopic (exact) mass is 287 g/mol. The number of nitrogens with zero attached hydrogens (tertiary/aromatic N) is 1. The smallest absolute Gasteiger partial charge is 0.397 e. The summed E-state index contributed by atoms with van der Waals surface area (Å²) >= 11 is 0. The Hall–Kier alpha value is -1.32. The van der Waals surface area contributed by atoms with E-state index in [4.69, 9.17) is 4.43 Å². The molecule has 1 aromatic rings. The first-order chi connectivity index (χ1) is 8.48. The van der Waals surface area contributed by atoms with Crippen LogP contribution in [0.4, 0.5) is 13.2 Å². The maximum atomic E-state index is 12.5. The highest BCUT2D eigenvalue weighted by atomic mass is 28.4. The average Bonchev–Trinajstić information content (AvgIpc) is 2.26. The first-order valence-electron chi connectivity index (χ1n) is 5.77. The second-order valence-electron chi connectivity index (χ2n) is 5.43. The first-order valence-corrected chi connectivity index (χ1v) is 9.18. The predicted molar refractivity (Wildman–Crippen MR) is 68.8 cm³/mol. The van der Waals surface area contributed by atoms with E-state index in [9.17, 15) is 18.4 Å². The lowest BCUT2D eigenvalue weighted by Crippen LogP contribution is -2.37. The van der Waals surface area contributed by atoms with Crippen molar-refractivity contribution >= 4 is 8.32 Å². The topological polar surface area (TPSA) is 33.0 Å². The molecule has 0 unspecified atom stereocenters. The molecular weight excluding hydrogens is 271 g/mol. The molecular formula is C13H16F3NOSi. The number of hydrogen-bond donors (Lipinski definition) is 0. The van der Waals surface area contributed by atoms with Crippen molar-refractivity contribution in [1.29, 1.82) is 5.26 Å². The van der Waals surface area contributed by atoms with E-state index in [1.165, 1.54) is 12.1 Å². The molecule has 0 bridgehead atoms. The van der Waals surface area contributed by atoms with Crippen LogP contribution in [0.25, 0.3) is 0 Å². The van der Waals surface area contributed by atoms with Crippen LogP contribution in [-0.2, 0) is 16.2 Å². The van der Waals surface area contributed by atoms with Crippen LogP contribution in [0.3, 0.4) is 0 Å². The summed E-state index contributed by atoms with van der Waals surface area (Å²) in [5, 5.41) is 9.26. The molecule has 0 aliphatic rings. The second kappa shape index (κ2) is 4.98. The summed E-state index contributed by atoms with van der Waals surface area (Å²) < 4.78 is 43.2. The van der Waals surface area contributed by atoms with Crippen LogP contribution in [0.1, 0.15) is 18.1 Å². The number of halogens is 3. The standard InChI is InChI=1S/C13H16F3NOSi/c1-12(9-17,18-19(2,3)4)10-5-7-11(8-6-10)13(14,15)16/h5-8H,1-4H3/t12-/m1/s1. The molecule has 0 saturated carbocycles. The molecule has 0 aromatic heterocycles. The highest BCUT2D eigenvalue weighted by Crippen LogP contribution is 2.33. The SMILES string of the molecule is C[C@](C#N)(O[Si](C)(C)C)c1ccc(C(F)(F)F)cc1. The van der Waals surface area contributed by atoms with Gasteiger partial charge in [0.25, 0.3) is 0 Å². The van der Waals surface area contributed by atoms with Gasteiger partial charge in [-0.3, -0.25) is 0 Å². The summed E-state index contributed by atoms with van der Waals surface area (Å²) in [5.74, 6) is 0. The van der Waals surface area contributed by atoms with E-state index in [-0.39, 0.29) is 0 Å². The van der Waals surface area contributed by atoms with Crippen molar-refractivity contribution in [1.82, 2.24) is 0 Å². The highest BCUT2D eigenvalue weighted by molar-refractivity contribution is 6.69. The van der Waals surface area contributed by atoms with Gasteiger partial charge in [0, 0.05) is 0 Å². The van der Waals surface area contributed by atoms with Gasteiger partial charge in [-0.25, -0.2) is 0 Å². The minimum atomic E-state index is -4.37. The van der Waals surface area contributed by atoms with E-state index in [1.54, 1.807) is 6.92 Å². The van der Waals surface area contributed by atoms with Gasteiger partial charge in [-0.05, 0) is 44.3 Å². The van der Waals surface area contributed by atoms with Crippen molar-refractivity contribution in [2.24, 2.45) is 0 Å². The minimum absolute atomic E-state index is 0.436. The van der Waals surface area contributed by atoms with Crippen LogP contribution in [0.5, 0.6) is 0 Å². The third kappa shape index (κ3) is 4.08. The van der Waals surface area contributed by atoms with Gasteiger partial charge in [0.1, 0.15) is 6.07 Å². The molecule has 0 radical (unpaired) electrons. The van der Waals surface area contributed by atoms with Gasteiger partial charge in [-0.1, -0.05) is 12.1 Å². The van der Waals surface area contributed by atoms with E-state index >= 15 is 0 Å². The van der Waals surface area contributed by atoms with Crippen molar-refractivity contribution in [3.8, 4) is 6.07 Å². The zero-order valence-electron chi connectivity index (χ0n) is 11.3. The van der Waals surface area contributed by atoms with Gasteiger partial charge < -0.3 is 4.43 Å². The van der Waals surface area contributed by atoms with Crippen molar-refractivity contribution in [3.05, 3.63) is 35.4 Å². The van der Waals surface area contributed by atoms with Crippen LogP contribution in [0, 0.1) is 11.3 Å². The van der Waals surface area contributed by atoms with Crippen molar-refractivity contribution in [2.75, 3.05) is 0 Å². The fraction of sp³-hybridized carbons (Fsp3) is 0.462. The predicted octanol–water partition coefficient (Wildman–Crippen LogP) is 4.30. The molecule has 0 saturated heterocycles. The van der Waals surface area contributed by atoms with Gasteiger partial charge in [0.2, 0.25) is 0 Å². The third-order valence-electron chi connectivity index (χ3n) is 2.49. The van der Waals surface area contributed by atoms with Gasteiger partial charge >= 0.3 is 6.18 Å². The van der Waals surface area contributed by atoms with E-state index in [2.05, 4.69) is 0 Å². The van der Waals surface area contributed by atoms with Crippen molar-refractivity contribution in [2.45, 2.75) is 38.3 Å². The third-order valence-corrected chi connectivity index (χ3v) is 3.51. The molecule has 0 amide bonds. The Morgan fingerprint density at radius 2 is 1.47 bits per heavy atom. The summed E-state index contributed by atoms with van der Waals surface area (Å²) in [6, 6.07) is 6.58. The lowest BCUT2D eigenvalue weighted by molar-refractivity contribution is -0.137. The summed E-state index contributed by atoms with van der Waals surface area (Å²) in [6.45, 7) is 7.35. The fourth-order valence-electron chi connectivity index (χ4n) is 1.74. The number of benzene rings is 1. The molecule has 0 spiro atoms. The molecule has 6 heteroatoms. The zero-order chi connectivity index (χ0) is 14.9. The molecule has 19 heavy (non-hydrogen) atoms. The van der Waals surface area contributed by atoms with Crippen LogP contribution >= 0.6 is 0 Å². The molecule has 0 aliphatic carbocycles. The Morgan fingerprint density at radius 3 is 1.79 bits per heavy atom. The summed E-state index contributed by atoms with van der Waals surface area (Å²) in [4.78, 5) is 0. The molecule has 104 valence electrons. The van der Waals surface area contributed by atoms with E-state index in [0.29, 0.717) is 5.56 Å². The van der Waals surface area contributed by atoms with Crippen molar-refractivity contribution < 1.29 is 17.6 Å². The van der Waals surface area contributed by atoms with Crippen LogP contribution in [0.2, 0.25) is 19.6 Å². The largest absolute Gasteiger partial charge is 0.416 e. The molecule has 0 heterocycles. The minimum Gasteiger partial charge on any atom is -0.397 e. The molecule has 1 aromatic carbocycles. The lowest BCUT2D eigenvalue weighted by Gasteiger charge is -2.31. The average molecular weight is 287 g/mol. The Balaban J connectivity index is 3.11. The first kappa shape index (κ1) is 15.7. The fourth-order valence-corrected chi connectivity index (χ4v) is 3.12. The maximum absolute atomic E-state index is 12.5. The molecule has 0 fully saturated rings. The normalized spacial score (nSPS) is 15.7. The molecule has 0 N–H and O–H groups in total. The van der Waals surface area contributed by atoms with E-state index in [0.717, 1.165) is 12.1 Å². The van der Waals surface area contributed by atoms with Crippen LogP contribution < -0.4 is 0 Å². The molecule has 1 rings (SSSR count). The van der Waals surface area contributed by atoms with Gasteiger partial charge in [-0.2, -0.15) is 18.4 Å². The Morgan fingerprint density at radius 1 is 1.05 bits per heavy atom. The molecule has 2 nitrogen and oxygen atoms in total. The molecule has 0 aliphatic heterocycles. The van der Waals surface area contributed by atoms with Gasteiger partial charge in [0.15, 0.2) is 13.9 Å². The Kier molecular flexibility index (Phi) is 4.13. The van der Waals surface area contributed by atoms with Gasteiger partial charge in [0.05, 0.1) is 5.56 Å². The van der Waals surface area contributed by atoms with Crippen LogP contribution in [-0.4, -0.2) is 8.32 Å². The number of alkyl halides is 3. The summed E-state index contributed by atoms with van der Waals surface area (Å²) in [7, 11) is -1.99. The van der Waals surface area contributed by atoms with Gasteiger partial charge in [-0.15, -0.1) is 0 Å². The quantitative estimate of drug-likeness (QED) is 0.777. The highest BCUT2D eigenvalue weighted by Gasteiger charge is 2.35. The van der Waals surface area contributed by atoms with Crippen molar-refractivity contribution in [3.63, 3.8) is 0 Å².